The molecule has 3 rings (SSSR count). The Kier molecular flexibility index (Phi) is 7.30. The first-order valence-corrected chi connectivity index (χ1v) is 10.5. The van der Waals surface area contributed by atoms with Crippen LogP contribution in [0, 0.1) is 12.8 Å². The molecular formula is C25H27NO6. The summed E-state index contributed by atoms with van der Waals surface area (Å²) in [5.41, 5.74) is 2.41. The summed E-state index contributed by atoms with van der Waals surface area (Å²) in [6, 6.07) is 13.8. The molecule has 0 spiro atoms. The maximum Gasteiger partial charge on any atom is 0.340 e. The number of carboxylic acid groups (broad SMARTS) is 1. The van der Waals surface area contributed by atoms with Crippen LogP contribution in [0.25, 0.3) is 11.0 Å². The molecule has 0 radical (unpaired) electrons. The predicted molar refractivity (Wildman–Crippen MR) is 121 cm³/mol. The Labute approximate surface area is 186 Å². The minimum Gasteiger partial charge on any atom is -0.484 e. The van der Waals surface area contributed by atoms with Gasteiger partial charge in [0.05, 0.1) is 0 Å². The SMILES string of the molecule is CC[C@@H](C)[C@H](NC(=O)COc1ccc2c(C)c(Cc3ccccc3)c(=O)oc2c1)C(=O)O. The van der Waals surface area contributed by atoms with Gasteiger partial charge in [-0.15, -0.1) is 0 Å². The number of aliphatic carboxylic acids is 1. The Morgan fingerprint density at radius 3 is 2.53 bits per heavy atom. The zero-order valence-electron chi connectivity index (χ0n) is 18.4. The van der Waals surface area contributed by atoms with Gasteiger partial charge in [-0.05, 0) is 36.1 Å². The summed E-state index contributed by atoms with van der Waals surface area (Å²) in [6.07, 6.45) is 1.09. The van der Waals surface area contributed by atoms with Gasteiger partial charge in [-0.1, -0.05) is 50.6 Å². The van der Waals surface area contributed by atoms with Crippen molar-refractivity contribution in [3.05, 3.63) is 75.6 Å². The van der Waals surface area contributed by atoms with E-state index in [4.69, 9.17) is 9.15 Å². The van der Waals surface area contributed by atoms with Gasteiger partial charge in [-0.2, -0.15) is 0 Å². The summed E-state index contributed by atoms with van der Waals surface area (Å²) >= 11 is 0. The molecule has 3 aromatic rings. The summed E-state index contributed by atoms with van der Waals surface area (Å²) in [4.78, 5) is 36.1. The Hall–Kier alpha value is -3.61. The fourth-order valence-electron chi connectivity index (χ4n) is 3.52. The topological polar surface area (TPSA) is 106 Å². The number of benzene rings is 2. The van der Waals surface area contributed by atoms with Gasteiger partial charge >= 0.3 is 11.6 Å². The van der Waals surface area contributed by atoms with Crippen LogP contribution in [0.4, 0.5) is 0 Å². The highest BCUT2D eigenvalue weighted by atomic mass is 16.5. The minimum absolute atomic E-state index is 0.209. The first-order valence-electron chi connectivity index (χ1n) is 10.5. The van der Waals surface area contributed by atoms with E-state index >= 15 is 0 Å². The third-order valence-electron chi connectivity index (χ3n) is 5.65. The highest BCUT2D eigenvalue weighted by Gasteiger charge is 2.25. The number of fused-ring (bicyclic) bond motifs is 1. The van der Waals surface area contributed by atoms with Gasteiger partial charge in [0.25, 0.3) is 5.91 Å². The lowest BCUT2D eigenvalue weighted by Gasteiger charge is -2.20. The molecule has 0 saturated carbocycles. The van der Waals surface area contributed by atoms with E-state index in [1.54, 1.807) is 25.1 Å². The largest absolute Gasteiger partial charge is 0.484 e. The number of nitrogens with one attached hydrogen (secondary N) is 1. The molecule has 2 N–H and O–H groups in total. The molecule has 1 heterocycles. The van der Waals surface area contributed by atoms with Crippen molar-refractivity contribution in [1.82, 2.24) is 5.32 Å². The van der Waals surface area contributed by atoms with Crippen molar-refractivity contribution in [2.45, 2.75) is 39.7 Å². The molecule has 0 aliphatic heterocycles. The van der Waals surface area contributed by atoms with E-state index in [0.29, 0.717) is 29.7 Å². The number of aryl methyl sites for hydroxylation is 1. The molecule has 0 aliphatic rings. The van der Waals surface area contributed by atoms with Crippen LogP contribution in [0.1, 0.15) is 37.0 Å². The first kappa shape index (κ1) is 23.1. The highest BCUT2D eigenvalue weighted by molar-refractivity contribution is 5.85. The van der Waals surface area contributed by atoms with Crippen LogP contribution in [0.5, 0.6) is 5.75 Å². The second kappa shape index (κ2) is 10.1. The molecule has 168 valence electrons. The van der Waals surface area contributed by atoms with Crippen LogP contribution in [-0.4, -0.2) is 29.6 Å². The number of rotatable bonds is 9. The Balaban J connectivity index is 1.74. The molecule has 7 nitrogen and oxygen atoms in total. The Bertz CT molecular complexity index is 1170. The van der Waals surface area contributed by atoms with E-state index in [0.717, 1.165) is 16.5 Å². The van der Waals surface area contributed by atoms with Gasteiger partial charge in [-0.25, -0.2) is 9.59 Å². The van der Waals surface area contributed by atoms with Crippen molar-refractivity contribution in [1.29, 1.82) is 0 Å². The first-order chi connectivity index (χ1) is 15.3. The van der Waals surface area contributed by atoms with Crippen LogP contribution < -0.4 is 15.7 Å². The van der Waals surface area contributed by atoms with Gasteiger partial charge in [0, 0.05) is 23.4 Å². The Morgan fingerprint density at radius 1 is 1.16 bits per heavy atom. The van der Waals surface area contributed by atoms with Crippen molar-refractivity contribution < 1.29 is 23.8 Å². The average molecular weight is 437 g/mol. The zero-order valence-corrected chi connectivity index (χ0v) is 18.4. The minimum atomic E-state index is -1.08. The molecule has 1 amide bonds. The van der Waals surface area contributed by atoms with E-state index in [-0.39, 0.29) is 12.5 Å². The molecule has 0 unspecified atom stereocenters. The quantitative estimate of drug-likeness (QED) is 0.495. The van der Waals surface area contributed by atoms with Gasteiger partial charge in [-0.3, -0.25) is 4.79 Å². The van der Waals surface area contributed by atoms with Crippen LogP contribution in [0.2, 0.25) is 0 Å². The lowest BCUT2D eigenvalue weighted by Crippen LogP contribution is -2.46. The number of carbonyl (C=O) groups is 2. The zero-order chi connectivity index (χ0) is 23.3. The lowest BCUT2D eigenvalue weighted by atomic mass is 9.99. The van der Waals surface area contributed by atoms with Crippen LogP contribution in [-0.2, 0) is 16.0 Å². The molecule has 0 saturated heterocycles. The van der Waals surface area contributed by atoms with Gasteiger partial charge < -0.3 is 19.6 Å². The molecule has 1 aromatic heterocycles. The third-order valence-corrected chi connectivity index (χ3v) is 5.65. The highest BCUT2D eigenvalue weighted by Crippen LogP contribution is 2.25. The molecule has 0 fully saturated rings. The number of hydrogen-bond acceptors (Lipinski definition) is 5. The normalized spacial score (nSPS) is 12.8. The van der Waals surface area contributed by atoms with E-state index in [1.165, 1.54) is 0 Å². The molecule has 0 aliphatic carbocycles. The summed E-state index contributed by atoms with van der Waals surface area (Å²) in [6.45, 7) is 5.16. The number of carbonyl (C=O) groups excluding carboxylic acids is 1. The predicted octanol–water partition coefficient (Wildman–Crippen LogP) is 3.69. The van der Waals surface area contributed by atoms with E-state index in [9.17, 15) is 19.5 Å². The van der Waals surface area contributed by atoms with E-state index < -0.39 is 23.5 Å². The fraction of sp³-hybridized carbons (Fsp3) is 0.320. The molecule has 2 aromatic carbocycles. The van der Waals surface area contributed by atoms with Gasteiger partial charge in [0.15, 0.2) is 6.61 Å². The molecule has 0 bridgehead atoms. The second-order valence-corrected chi connectivity index (χ2v) is 7.87. The van der Waals surface area contributed by atoms with Gasteiger partial charge in [0.2, 0.25) is 0 Å². The van der Waals surface area contributed by atoms with Crippen molar-refractivity contribution in [3.63, 3.8) is 0 Å². The van der Waals surface area contributed by atoms with Crippen molar-refractivity contribution in [2.24, 2.45) is 5.92 Å². The molecular weight excluding hydrogens is 410 g/mol. The number of amides is 1. The summed E-state index contributed by atoms with van der Waals surface area (Å²) < 4.78 is 11.0. The van der Waals surface area contributed by atoms with Crippen molar-refractivity contribution in [3.8, 4) is 5.75 Å². The molecule has 7 heteroatoms. The van der Waals surface area contributed by atoms with Crippen molar-refractivity contribution >= 4 is 22.8 Å². The second-order valence-electron chi connectivity index (χ2n) is 7.87. The lowest BCUT2D eigenvalue weighted by molar-refractivity contribution is -0.143. The number of hydrogen-bond donors (Lipinski definition) is 2. The van der Waals surface area contributed by atoms with E-state index in [1.807, 2.05) is 44.2 Å². The molecule has 2 atom stereocenters. The maximum atomic E-state index is 12.6. The summed E-state index contributed by atoms with van der Waals surface area (Å²) in [5, 5.41) is 12.6. The van der Waals surface area contributed by atoms with Crippen LogP contribution >= 0.6 is 0 Å². The average Bonchev–Trinajstić information content (AvgIpc) is 2.78. The summed E-state index contributed by atoms with van der Waals surface area (Å²) in [7, 11) is 0. The smallest absolute Gasteiger partial charge is 0.340 e. The van der Waals surface area contributed by atoms with Crippen LogP contribution in [0.3, 0.4) is 0 Å². The molecule has 32 heavy (non-hydrogen) atoms. The number of ether oxygens (including phenoxy) is 1. The van der Waals surface area contributed by atoms with Crippen LogP contribution in [0.15, 0.2) is 57.7 Å². The maximum absolute atomic E-state index is 12.6. The monoisotopic (exact) mass is 437 g/mol. The third kappa shape index (κ3) is 5.35. The fourth-order valence-corrected chi connectivity index (χ4v) is 3.52. The standard InChI is InChI=1S/C25H27NO6/c1-4-15(2)23(24(28)29)26-22(27)14-31-18-10-11-19-16(3)20(25(30)32-21(19)13-18)12-17-8-6-5-7-9-17/h5-11,13,15,23H,4,12,14H2,1-3H3,(H,26,27)(H,28,29)/t15-,23+/m1/s1. The summed E-state index contributed by atoms with van der Waals surface area (Å²) in [5.74, 6) is -1.48. The number of carboxylic acids is 1. The Morgan fingerprint density at radius 2 is 1.88 bits per heavy atom. The van der Waals surface area contributed by atoms with Crippen molar-refractivity contribution in [2.75, 3.05) is 6.61 Å². The van der Waals surface area contributed by atoms with E-state index in [2.05, 4.69) is 5.32 Å². The van der Waals surface area contributed by atoms with Gasteiger partial charge in [0.1, 0.15) is 17.4 Å².